The van der Waals surface area contributed by atoms with Crippen LogP contribution >= 0.6 is 0 Å². The molecule has 1 saturated carbocycles. The number of carbonyl (C=O) groups excluding carboxylic acids is 3. The molecule has 0 saturated heterocycles. The summed E-state index contributed by atoms with van der Waals surface area (Å²) in [5.74, 6) is -1.19. The molecule has 2 amide bonds. The van der Waals surface area contributed by atoms with Crippen LogP contribution in [0.1, 0.15) is 47.0 Å². The second-order valence-corrected chi connectivity index (χ2v) is 7.78. The normalized spacial score (nSPS) is 25.3. The molecular weight excluding hydrogens is 336 g/mol. The van der Waals surface area contributed by atoms with Gasteiger partial charge < -0.3 is 27.2 Å². The van der Waals surface area contributed by atoms with Gasteiger partial charge in [-0.1, -0.05) is 13.8 Å². The molecule has 0 heterocycles. The van der Waals surface area contributed by atoms with Crippen LogP contribution in [0, 0.1) is 17.8 Å². The second-order valence-electron chi connectivity index (χ2n) is 7.78. The highest BCUT2D eigenvalue weighted by molar-refractivity contribution is 5.97. The van der Waals surface area contributed by atoms with Crippen LogP contribution in [0.2, 0.25) is 0 Å². The van der Waals surface area contributed by atoms with Crippen molar-refractivity contribution in [2.75, 3.05) is 13.1 Å². The lowest BCUT2D eigenvalue weighted by Gasteiger charge is -2.27. The van der Waals surface area contributed by atoms with Gasteiger partial charge in [-0.15, -0.1) is 0 Å². The molecule has 8 nitrogen and oxygen atoms in total. The van der Waals surface area contributed by atoms with E-state index in [4.69, 9.17) is 11.5 Å². The van der Waals surface area contributed by atoms with E-state index in [0.717, 1.165) is 0 Å². The molecule has 1 aliphatic rings. The first kappa shape index (κ1) is 22.5. The van der Waals surface area contributed by atoms with E-state index < -0.39 is 23.6 Å². The van der Waals surface area contributed by atoms with Gasteiger partial charge in [0.1, 0.15) is 11.6 Å². The van der Waals surface area contributed by atoms with Crippen molar-refractivity contribution in [1.29, 1.82) is 0 Å². The Morgan fingerprint density at radius 3 is 2.19 bits per heavy atom. The fraction of sp³-hybridized carbons (Fsp3) is 0.833. The highest BCUT2D eigenvalue weighted by Gasteiger charge is 2.58. The van der Waals surface area contributed by atoms with Gasteiger partial charge in [0.2, 0.25) is 11.8 Å². The predicted molar refractivity (Wildman–Crippen MR) is 98.9 cm³/mol. The van der Waals surface area contributed by atoms with E-state index in [-0.39, 0.29) is 23.5 Å². The molecular formula is C18H34N4O4. The van der Waals surface area contributed by atoms with E-state index in [2.05, 4.69) is 10.6 Å². The fourth-order valence-electron chi connectivity index (χ4n) is 3.39. The third-order valence-electron chi connectivity index (χ3n) is 5.07. The van der Waals surface area contributed by atoms with Crippen LogP contribution in [0.25, 0.3) is 0 Å². The van der Waals surface area contributed by atoms with Crippen LogP contribution in [-0.2, 0) is 14.4 Å². The van der Waals surface area contributed by atoms with Crippen molar-refractivity contribution in [3.8, 4) is 0 Å². The van der Waals surface area contributed by atoms with Crippen LogP contribution in [-0.4, -0.2) is 53.5 Å². The summed E-state index contributed by atoms with van der Waals surface area (Å²) >= 11 is 0. The Morgan fingerprint density at radius 1 is 1.19 bits per heavy atom. The second kappa shape index (κ2) is 9.43. The van der Waals surface area contributed by atoms with Crippen LogP contribution in [0.15, 0.2) is 0 Å². The molecule has 5 atom stereocenters. The molecule has 1 aliphatic carbocycles. The topological polar surface area (TPSA) is 148 Å². The summed E-state index contributed by atoms with van der Waals surface area (Å²) in [6, 6.07) is -1.13. The summed E-state index contributed by atoms with van der Waals surface area (Å²) in [5.41, 5.74) is 10.2. The third-order valence-corrected chi connectivity index (χ3v) is 5.07. The van der Waals surface area contributed by atoms with E-state index in [9.17, 15) is 19.5 Å². The smallest absolute Gasteiger partial charge is 0.246 e. The number of nitrogens with two attached hydrogens (primary N) is 2. The first-order chi connectivity index (χ1) is 12.1. The Labute approximate surface area is 155 Å². The molecule has 8 heteroatoms. The molecule has 0 radical (unpaired) electrons. The molecule has 0 aliphatic heterocycles. The van der Waals surface area contributed by atoms with Gasteiger partial charge >= 0.3 is 0 Å². The third kappa shape index (κ3) is 5.49. The van der Waals surface area contributed by atoms with Gasteiger partial charge in [0, 0.05) is 11.8 Å². The van der Waals surface area contributed by atoms with Gasteiger partial charge in [-0.05, 0) is 52.1 Å². The summed E-state index contributed by atoms with van der Waals surface area (Å²) < 4.78 is 0. The summed E-state index contributed by atoms with van der Waals surface area (Å²) in [7, 11) is 0. The van der Waals surface area contributed by atoms with Gasteiger partial charge in [0.15, 0.2) is 5.78 Å². The Morgan fingerprint density at radius 2 is 1.81 bits per heavy atom. The van der Waals surface area contributed by atoms with E-state index in [1.807, 2.05) is 13.8 Å². The number of aliphatic hydroxyl groups is 1. The predicted octanol–water partition coefficient (Wildman–Crippen LogP) is -0.714. The molecule has 0 bridgehead atoms. The number of ketones is 1. The van der Waals surface area contributed by atoms with Crippen LogP contribution in [0.5, 0.6) is 0 Å². The molecule has 7 N–H and O–H groups in total. The molecule has 150 valence electrons. The number of rotatable bonds is 11. The van der Waals surface area contributed by atoms with Crippen molar-refractivity contribution >= 4 is 17.6 Å². The average molecular weight is 370 g/mol. The minimum atomic E-state index is -1.13. The van der Waals surface area contributed by atoms with Crippen molar-refractivity contribution in [3.63, 3.8) is 0 Å². The SMILES string of the molecule is CC(=O)C1(NC(=O)[C@@H](NC(=O)C(CCN)CC(C)C)[C@H](C)O)C[C@H]1CN. The van der Waals surface area contributed by atoms with Crippen LogP contribution < -0.4 is 22.1 Å². The highest BCUT2D eigenvalue weighted by atomic mass is 16.3. The quantitative estimate of drug-likeness (QED) is 0.324. The maximum Gasteiger partial charge on any atom is 0.246 e. The lowest BCUT2D eigenvalue weighted by atomic mass is 9.93. The van der Waals surface area contributed by atoms with E-state index in [1.54, 1.807) is 0 Å². The van der Waals surface area contributed by atoms with Gasteiger partial charge in [-0.25, -0.2) is 0 Å². The number of hydrogen-bond acceptors (Lipinski definition) is 6. The van der Waals surface area contributed by atoms with Crippen molar-refractivity contribution < 1.29 is 19.5 Å². The van der Waals surface area contributed by atoms with Crippen molar-refractivity contribution in [2.24, 2.45) is 29.2 Å². The average Bonchev–Trinajstić information content (AvgIpc) is 3.25. The minimum absolute atomic E-state index is 0.111. The number of Topliss-reactive ketones (excluding diaryl/α,β-unsaturated/α-hetero) is 1. The molecule has 0 aromatic heterocycles. The lowest BCUT2D eigenvalue weighted by Crippen LogP contribution is -2.58. The van der Waals surface area contributed by atoms with Crippen LogP contribution in [0.3, 0.4) is 0 Å². The maximum absolute atomic E-state index is 12.6. The summed E-state index contributed by atoms with van der Waals surface area (Å²) in [6.45, 7) is 7.50. The minimum Gasteiger partial charge on any atom is -0.391 e. The molecule has 0 aromatic rings. The Kier molecular flexibility index (Phi) is 8.17. The molecule has 1 fully saturated rings. The first-order valence-electron chi connectivity index (χ1n) is 9.30. The Bertz CT molecular complexity index is 523. The molecule has 1 rings (SSSR count). The maximum atomic E-state index is 12.6. The van der Waals surface area contributed by atoms with Gasteiger partial charge in [-0.2, -0.15) is 0 Å². The monoisotopic (exact) mass is 370 g/mol. The standard InChI is InChI=1S/C18H34N4O4/c1-10(2)7-13(5-6-19)16(25)21-15(11(3)23)17(26)22-18(12(4)24)8-14(18)9-20/h10-11,13-15,23H,5-9,19-20H2,1-4H3,(H,21,25)(H,22,26)/t11-,13?,14-,15-,18?/m0/s1. The zero-order chi connectivity index (χ0) is 20.1. The Hall–Kier alpha value is -1.51. The summed E-state index contributed by atoms with van der Waals surface area (Å²) in [6.07, 6.45) is 0.526. The number of hydrogen-bond donors (Lipinski definition) is 5. The van der Waals surface area contributed by atoms with E-state index in [0.29, 0.717) is 38.3 Å². The van der Waals surface area contributed by atoms with Crippen molar-refractivity contribution in [3.05, 3.63) is 0 Å². The van der Waals surface area contributed by atoms with E-state index >= 15 is 0 Å². The van der Waals surface area contributed by atoms with Crippen molar-refractivity contribution in [2.45, 2.75) is 64.6 Å². The van der Waals surface area contributed by atoms with Crippen LogP contribution in [0.4, 0.5) is 0 Å². The lowest BCUT2D eigenvalue weighted by molar-refractivity contribution is -0.135. The summed E-state index contributed by atoms with van der Waals surface area (Å²) in [5, 5.41) is 15.3. The zero-order valence-electron chi connectivity index (χ0n) is 16.2. The molecule has 2 unspecified atom stereocenters. The molecule has 26 heavy (non-hydrogen) atoms. The summed E-state index contributed by atoms with van der Waals surface area (Å²) in [4.78, 5) is 37.1. The largest absolute Gasteiger partial charge is 0.391 e. The van der Waals surface area contributed by atoms with Crippen molar-refractivity contribution in [1.82, 2.24) is 10.6 Å². The van der Waals surface area contributed by atoms with Gasteiger partial charge in [-0.3, -0.25) is 14.4 Å². The van der Waals surface area contributed by atoms with Gasteiger partial charge in [0.25, 0.3) is 0 Å². The number of aliphatic hydroxyl groups excluding tert-OH is 1. The molecule has 0 spiro atoms. The highest BCUT2D eigenvalue weighted by Crippen LogP contribution is 2.43. The fourth-order valence-corrected chi connectivity index (χ4v) is 3.39. The van der Waals surface area contributed by atoms with Gasteiger partial charge in [0.05, 0.1) is 6.10 Å². The zero-order valence-corrected chi connectivity index (χ0v) is 16.2. The number of nitrogens with one attached hydrogen (secondary N) is 2. The first-order valence-corrected chi connectivity index (χ1v) is 9.30. The van der Waals surface area contributed by atoms with E-state index in [1.165, 1.54) is 13.8 Å². The number of carbonyl (C=O) groups is 3. The molecule has 0 aromatic carbocycles. The Balaban J connectivity index is 2.83. The number of amides is 2.